The van der Waals surface area contributed by atoms with Crippen LogP contribution in [0.3, 0.4) is 0 Å². The molecule has 6 nitrogen and oxygen atoms in total. The monoisotopic (exact) mass is 406 g/mol. The van der Waals surface area contributed by atoms with Crippen LogP contribution in [0.1, 0.15) is 43.2 Å². The molecule has 4 heterocycles. The second-order valence-corrected chi connectivity index (χ2v) is 7.91. The fourth-order valence-electron chi connectivity index (χ4n) is 3.93. The Morgan fingerprint density at radius 3 is 2.76 bits per heavy atom. The molecule has 1 saturated heterocycles. The van der Waals surface area contributed by atoms with Gasteiger partial charge in [-0.3, -0.25) is 4.98 Å². The number of fused-ring (bicyclic) bond motifs is 1. The van der Waals surface area contributed by atoms with Crippen molar-refractivity contribution in [2.24, 2.45) is 0 Å². The highest BCUT2D eigenvalue weighted by Crippen LogP contribution is 2.44. The van der Waals surface area contributed by atoms with Crippen molar-refractivity contribution in [2.75, 3.05) is 11.7 Å². The summed E-state index contributed by atoms with van der Waals surface area (Å²) in [5.74, 6) is 1.50. The molecule has 148 valence electrons. The van der Waals surface area contributed by atoms with Crippen molar-refractivity contribution in [3.05, 3.63) is 72.3 Å². The first-order valence-electron chi connectivity index (χ1n) is 9.69. The van der Waals surface area contributed by atoms with Gasteiger partial charge in [-0.1, -0.05) is 6.07 Å². The first-order valence-corrected chi connectivity index (χ1v) is 10.1. The van der Waals surface area contributed by atoms with E-state index in [9.17, 15) is 0 Å². The summed E-state index contributed by atoms with van der Waals surface area (Å²) in [6, 6.07) is 14.4. The smallest absolute Gasteiger partial charge is 0.231 e. The van der Waals surface area contributed by atoms with Crippen molar-refractivity contribution >= 4 is 23.0 Å². The second kappa shape index (κ2) is 7.08. The van der Waals surface area contributed by atoms with Crippen molar-refractivity contribution in [3.8, 4) is 11.5 Å². The van der Waals surface area contributed by atoms with Gasteiger partial charge in [-0.05, 0) is 62.0 Å². The van der Waals surface area contributed by atoms with Gasteiger partial charge in [-0.2, -0.15) is 0 Å². The standard InChI is InChI=1S/C22H22N4O2S/c1-14(2)25-10-8-15(12-25)21-20(17-5-3-4-9-23-17)24-22(29)26(21)16-6-7-18-19(11-16)28-13-27-18/h3-12,14,20-21H,13H2,1-2H3,(H,24,29)/t20-,21+/m0/s1. The van der Waals surface area contributed by atoms with Crippen LogP contribution >= 0.6 is 12.2 Å². The van der Waals surface area contributed by atoms with E-state index in [2.05, 4.69) is 52.1 Å². The number of benzene rings is 1. The van der Waals surface area contributed by atoms with E-state index in [1.807, 2.05) is 42.6 Å². The quantitative estimate of drug-likeness (QED) is 0.650. The number of anilines is 1. The maximum Gasteiger partial charge on any atom is 0.231 e. The summed E-state index contributed by atoms with van der Waals surface area (Å²) in [6.07, 6.45) is 6.13. The second-order valence-electron chi connectivity index (χ2n) is 7.52. The summed E-state index contributed by atoms with van der Waals surface area (Å²) in [5.41, 5.74) is 3.10. The van der Waals surface area contributed by atoms with E-state index in [4.69, 9.17) is 21.7 Å². The average Bonchev–Trinajstić information content (AvgIpc) is 3.46. The largest absolute Gasteiger partial charge is 0.454 e. The van der Waals surface area contributed by atoms with Gasteiger partial charge in [0.15, 0.2) is 16.6 Å². The molecule has 2 aliphatic rings. The third-order valence-corrected chi connectivity index (χ3v) is 5.72. The molecule has 1 fully saturated rings. The van der Waals surface area contributed by atoms with Crippen LogP contribution in [-0.4, -0.2) is 21.5 Å². The third-order valence-electron chi connectivity index (χ3n) is 5.41. The first-order chi connectivity index (χ1) is 14.1. The van der Waals surface area contributed by atoms with Crippen LogP contribution in [-0.2, 0) is 0 Å². The molecule has 0 amide bonds. The van der Waals surface area contributed by atoms with Crippen LogP contribution < -0.4 is 19.7 Å². The molecule has 1 N–H and O–H groups in total. The molecule has 7 heteroatoms. The number of nitrogens with zero attached hydrogens (tertiary/aromatic N) is 3. The summed E-state index contributed by atoms with van der Waals surface area (Å²) in [5, 5.41) is 4.16. The van der Waals surface area contributed by atoms with Crippen LogP contribution in [0.5, 0.6) is 11.5 Å². The lowest BCUT2D eigenvalue weighted by Crippen LogP contribution is -2.29. The Morgan fingerprint density at radius 2 is 2.00 bits per heavy atom. The number of rotatable bonds is 4. The van der Waals surface area contributed by atoms with Gasteiger partial charge >= 0.3 is 0 Å². The molecular formula is C22H22N4O2S. The van der Waals surface area contributed by atoms with Crippen molar-refractivity contribution in [2.45, 2.75) is 32.0 Å². The minimum Gasteiger partial charge on any atom is -0.454 e. The number of hydrogen-bond donors (Lipinski definition) is 1. The number of aromatic nitrogens is 2. The van der Waals surface area contributed by atoms with E-state index in [-0.39, 0.29) is 18.9 Å². The summed E-state index contributed by atoms with van der Waals surface area (Å²) in [4.78, 5) is 6.75. The molecule has 0 saturated carbocycles. The van der Waals surface area contributed by atoms with Gasteiger partial charge in [0, 0.05) is 36.4 Å². The zero-order valence-electron chi connectivity index (χ0n) is 16.3. The van der Waals surface area contributed by atoms with Crippen molar-refractivity contribution in [1.82, 2.24) is 14.9 Å². The Balaban J connectivity index is 1.60. The van der Waals surface area contributed by atoms with E-state index >= 15 is 0 Å². The number of hydrogen-bond acceptors (Lipinski definition) is 4. The number of thiocarbonyl (C=S) groups is 1. The Bertz CT molecular complexity index is 1050. The maximum atomic E-state index is 5.77. The van der Waals surface area contributed by atoms with Gasteiger partial charge < -0.3 is 24.3 Å². The third kappa shape index (κ3) is 3.11. The molecule has 2 aromatic heterocycles. The molecule has 5 rings (SSSR count). The Morgan fingerprint density at radius 1 is 1.14 bits per heavy atom. The van der Waals surface area contributed by atoms with Gasteiger partial charge in [0.05, 0.1) is 17.8 Å². The van der Waals surface area contributed by atoms with Crippen LogP contribution in [0.2, 0.25) is 0 Å². The highest BCUT2D eigenvalue weighted by atomic mass is 32.1. The summed E-state index contributed by atoms with van der Waals surface area (Å²) in [7, 11) is 0. The number of ether oxygens (including phenoxy) is 2. The van der Waals surface area contributed by atoms with Crippen LogP contribution in [0.25, 0.3) is 0 Å². The molecule has 0 aliphatic carbocycles. The number of pyridine rings is 1. The van der Waals surface area contributed by atoms with E-state index in [1.165, 1.54) is 5.56 Å². The average molecular weight is 407 g/mol. The highest BCUT2D eigenvalue weighted by molar-refractivity contribution is 7.80. The summed E-state index contributed by atoms with van der Waals surface area (Å²) in [6.45, 7) is 4.60. The lowest BCUT2D eigenvalue weighted by atomic mass is 9.98. The minimum absolute atomic E-state index is 0.0298. The summed E-state index contributed by atoms with van der Waals surface area (Å²) < 4.78 is 13.3. The first kappa shape index (κ1) is 18.0. The zero-order chi connectivity index (χ0) is 20.0. The van der Waals surface area contributed by atoms with E-state index in [0.29, 0.717) is 11.2 Å². The minimum atomic E-state index is -0.0582. The molecule has 2 aliphatic heterocycles. The molecule has 0 bridgehead atoms. The molecule has 0 unspecified atom stereocenters. The van der Waals surface area contributed by atoms with Crippen molar-refractivity contribution in [3.63, 3.8) is 0 Å². The van der Waals surface area contributed by atoms with Gasteiger partial charge in [-0.15, -0.1) is 0 Å². The van der Waals surface area contributed by atoms with E-state index in [0.717, 1.165) is 22.9 Å². The molecule has 3 aromatic rings. The van der Waals surface area contributed by atoms with Gasteiger partial charge in [0.2, 0.25) is 6.79 Å². The molecule has 29 heavy (non-hydrogen) atoms. The molecule has 1 aromatic carbocycles. The maximum absolute atomic E-state index is 5.77. The molecule has 0 spiro atoms. The highest BCUT2D eigenvalue weighted by Gasteiger charge is 2.41. The van der Waals surface area contributed by atoms with Crippen molar-refractivity contribution < 1.29 is 9.47 Å². The lowest BCUT2D eigenvalue weighted by molar-refractivity contribution is 0.174. The molecule has 0 radical (unpaired) electrons. The lowest BCUT2D eigenvalue weighted by Gasteiger charge is -2.27. The van der Waals surface area contributed by atoms with E-state index in [1.54, 1.807) is 0 Å². The topological polar surface area (TPSA) is 51.6 Å². The van der Waals surface area contributed by atoms with Gasteiger partial charge in [0.1, 0.15) is 0 Å². The summed E-state index contributed by atoms with van der Waals surface area (Å²) >= 11 is 5.77. The SMILES string of the molecule is CC(C)n1ccc([C@@H]2[C@H](c3ccccn3)NC(=S)N2c2ccc3c(c2)OCO3)c1. The number of nitrogens with one attached hydrogen (secondary N) is 1. The predicted molar refractivity (Wildman–Crippen MR) is 115 cm³/mol. The molecular weight excluding hydrogens is 384 g/mol. The van der Waals surface area contributed by atoms with Crippen molar-refractivity contribution in [1.29, 1.82) is 0 Å². The fraction of sp³-hybridized carbons (Fsp3) is 0.273. The van der Waals surface area contributed by atoms with E-state index < -0.39 is 0 Å². The fourth-order valence-corrected chi connectivity index (χ4v) is 4.28. The Labute approximate surface area is 175 Å². The Kier molecular flexibility index (Phi) is 4.39. The predicted octanol–water partition coefficient (Wildman–Crippen LogP) is 4.37. The zero-order valence-corrected chi connectivity index (χ0v) is 17.1. The molecule has 2 atom stereocenters. The van der Waals surface area contributed by atoms with Crippen LogP contribution in [0.15, 0.2) is 61.1 Å². The van der Waals surface area contributed by atoms with Gasteiger partial charge in [0.25, 0.3) is 0 Å². The van der Waals surface area contributed by atoms with Gasteiger partial charge in [-0.25, -0.2) is 0 Å². The van der Waals surface area contributed by atoms with Crippen LogP contribution in [0, 0.1) is 0 Å². The van der Waals surface area contributed by atoms with Crippen LogP contribution in [0.4, 0.5) is 5.69 Å². The Hall–Kier alpha value is -3.06. The normalized spacial score (nSPS) is 20.4.